The van der Waals surface area contributed by atoms with Crippen molar-refractivity contribution in [3.63, 3.8) is 0 Å². The third kappa shape index (κ3) is 3.97. The monoisotopic (exact) mass is 344 g/mol. The molecule has 0 aliphatic carbocycles. The lowest BCUT2D eigenvalue weighted by molar-refractivity contribution is 0.122. The van der Waals surface area contributed by atoms with Crippen LogP contribution in [0.2, 0.25) is 0 Å². The molecule has 3 heterocycles. The molecule has 24 heavy (non-hydrogen) atoms. The van der Waals surface area contributed by atoms with Gasteiger partial charge in [-0.05, 0) is 49.9 Å². The minimum Gasteiger partial charge on any atom is -0.377 e. The molecule has 4 nitrogen and oxygen atoms in total. The van der Waals surface area contributed by atoms with E-state index in [0.717, 1.165) is 13.1 Å². The van der Waals surface area contributed by atoms with Gasteiger partial charge in [0.15, 0.2) is 0 Å². The summed E-state index contributed by atoms with van der Waals surface area (Å²) in [6.45, 7) is 3.12. The SMILES string of the molecule is CN(C)c1ccncc1CNC[C@@H]1CCCN(C)[C@@H]1c1cccs1. The van der Waals surface area contributed by atoms with Crippen LogP contribution in [0.5, 0.6) is 0 Å². The molecule has 2 aromatic heterocycles. The topological polar surface area (TPSA) is 31.4 Å². The summed E-state index contributed by atoms with van der Waals surface area (Å²) < 4.78 is 0. The summed E-state index contributed by atoms with van der Waals surface area (Å²) in [5.74, 6) is 0.668. The van der Waals surface area contributed by atoms with E-state index in [9.17, 15) is 0 Å². The summed E-state index contributed by atoms with van der Waals surface area (Å²) in [6, 6.07) is 7.09. The molecule has 1 aliphatic heterocycles. The van der Waals surface area contributed by atoms with Crippen molar-refractivity contribution < 1.29 is 0 Å². The maximum atomic E-state index is 4.29. The highest BCUT2D eigenvalue weighted by Crippen LogP contribution is 2.36. The average Bonchev–Trinajstić information content (AvgIpc) is 3.09. The van der Waals surface area contributed by atoms with Gasteiger partial charge in [-0.15, -0.1) is 11.3 Å². The maximum Gasteiger partial charge on any atom is 0.0478 e. The van der Waals surface area contributed by atoms with E-state index in [2.05, 4.69) is 64.8 Å². The molecule has 2 atom stereocenters. The Hall–Kier alpha value is -1.43. The highest BCUT2D eigenvalue weighted by Gasteiger charge is 2.30. The number of nitrogens with zero attached hydrogens (tertiary/aromatic N) is 3. The van der Waals surface area contributed by atoms with Gasteiger partial charge in [-0.2, -0.15) is 0 Å². The summed E-state index contributed by atoms with van der Waals surface area (Å²) in [4.78, 5) is 10.5. The molecule has 3 rings (SSSR count). The van der Waals surface area contributed by atoms with Gasteiger partial charge in [0.25, 0.3) is 0 Å². The third-order valence-corrected chi connectivity index (χ3v) is 5.87. The van der Waals surface area contributed by atoms with E-state index in [-0.39, 0.29) is 0 Å². The number of anilines is 1. The van der Waals surface area contributed by atoms with E-state index < -0.39 is 0 Å². The van der Waals surface area contributed by atoms with Gasteiger partial charge in [0.1, 0.15) is 0 Å². The number of thiophene rings is 1. The lowest BCUT2D eigenvalue weighted by atomic mass is 9.88. The quantitative estimate of drug-likeness (QED) is 0.870. The lowest BCUT2D eigenvalue weighted by Crippen LogP contribution is -2.40. The molecule has 2 aromatic rings. The first kappa shape index (κ1) is 17.4. The summed E-state index contributed by atoms with van der Waals surface area (Å²) >= 11 is 1.89. The van der Waals surface area contributed by atoms with Crippen LogP contribution in [-0.4, -0.2) is 44.1 Å². The molecule has 0 saturated carbocycles. The summed E-state index contributed by atoms with van der Waals surface area (Å²) in [5, 5.41) is 5.89. The van der Waals surface area contributed by atoms with Crippen LogP contribution in [0.25, 0.3) is 0 Å². The molecule has 0 unspecified atom stereocenters. The van der Waals surface area contributed by atoms with Gasteiger partial charge in [-0.1, -0.05) is 6.07 Å². The van der Waals surface area contributed by atoms with Gasteiger partial charge >= 0.3 is 0 Å². The Balaban J connectivity index is 1.63. The summed E-state index contributed by atoms with van der Waals surface area (Å²) in [6.07, 6.45) is 6.43. The molecule has 0 aromatic carbocycles. The van der Waals surface area contributed by atoms with E-state index in [1.165, 1.54) is 35.5 Å². The van der Waals surface area contributed by atoms with Crippen molar-refractivity contribution in [1.82, 2.24) is 15.2 Å². The summed E-state index contributed by atoms with van der Waals surface area (Å²) in [7, 11) is 6.44. The number of likely N-dealkylation sites (tertiary alicyclic amines) is 1. The van der Waals surface area contributed by atoms with Gasteiger partial charge in [-0.25, -0.2) is 0 Å². The summed E-state index contributed by atoms with van der Waals surface area (Å²) in [5.41, 5.74) is 2.51. The Morgan fingerprint density at radius 1 is 1.38 bits per heavy atom. The molecule has 1 saturated heterocycles. The normalized spacial score (nSPS) is 21.8. The van der Waals surface area contributed by atoms with E-state index in [4.69, 9.17) is 0 Å². The number of hydrogen-bond donors (Lipinski definition) is 1. The molecule has 1 fully saturated rings. The van der Waals surface area contributed by atoms with Gasteiger partial charge in [0.2, 0.25) is 0 Å². The van der Waals surface area contributed by atoms with E-state index in [1.54, 1.807) is 0 Å². The lowest BCUT2D eigenvalue weighted by Gasteiger charge is -2.39. The van der Waals surface area contributed by atoms with Crippen LogP contribution < -0.4 is 10.2 Å². The fourth-order valence-corrected chi connectivity index (χ4v) is 4.75. The van der Waals surface area contributed by atoms with Crippen molar-refractivity contribution in [3.8, 4) is 0 Å². The Kier molecular flexibility index (Phi) is 5.87. The minimum atomic E-state index is 0.550. The third-order valence-electron chi connectivity index (χ3n) is 4.92. The number of aromatic nitrogens is 1. The van der Waals surface area contributed by atoms with Gasteiger partial charge in [-0.3, -0.25) is 9.88 Å². The molecular formula is C19H28N4S. The zero-order chi connectivity index (χ0) is 16.9. The van der Waals surface area contributed by atoms with Crippen LogP contribution in [0.15, 0.2) is 36.0 Å². The highest BCUT2D eigenvalue weighted by atomic mass is 32.1. The molecule has 0 amide bonds. The van der Waals surface area contributed by atoms with E-state index >= 15 is 0 Å². The molecule has 1 aliphatic rings. The Bertz CT molecular complexity index is 626. The van der Waals surface area contributed by atoms with Crippen molar-refractivity contribution in [2.45, 2.75) is 25.4 Å². The van der Waals surface area contributed by atoms with Crippen LogP contribution in [0.1, 0.15) is 29.3 Å². The van der Waals surface area contributed by atoms with Crippen LogP contribution in [0, 0.1) is 5.92 Å². The largest absolute Gasteiger partial charge is 0.377 e. The van der Waals surface area contributed by atoms with Gasteiger partial charge in [0, 0.05) is 61.7 Å². The number of nitrogens with one attached hydrogen (secondary N) is 1. The van der Waals surface area contributed by atoms with Crippen LogP contribution in [0.3, 0.4) is 0 Å². The molecule has 0 spiro atoms. The van der Waals surface area contributed by atoms with Crippen molar-refractivity contribution in [2.75, 3.05) is 39.1 Å². The first-order valence-corrected chi connectivity index (χ1v) is 9.59. The molecule has 0 radical (unpaired) electrons. The van der Waals surface area contributed by atoms with Crippen molar-refractivity contribution in [1.29, 1.82) is 0 Å². The number of rotatable bonds is 6. The molecule has 0 bridgehead atoms. The van der Waals surface area contributed by atoms with Gasteiger partial charge < -0.3 is 10.2 Å². The number of pyridine rings is 1. The minimum absolute atomic E-state index is 0.550. The van der Waals surface area contributed by atoms with E-state index in [0.29, 0.717) is 12.0 Å². The van der Waals surface area contributed by atoms with Crippen LogP contribution >= 0.6 is 11.3 Å². The van der Waals surface area contributed by atoms with Crippen molar-refractivity contribution >= 4 is 17.0 Å². The maximum absolute atomic E-state index is 4.29. The number of hydrogen-bond acceptors (Lipinski definition) is 5. The first-order chi connectivity index (χ1) is 11.7. The van der Waals surface area contributed by atoms with Crippen LogP contribution in [0.4, 0.5) is 5.69 Å². The average molecular weight is 345 g/mol. The smallest absolute Gasteiger partial charge is 0.0478 e. The molecule has 130 valence electrons. The second-order valence-electron chi connectivity index (χ2n) is 6.87. The fraction of sp³-hybridized carbons (Fsp3) is 0.526. The van der Waals surface area contributed by atoms with Crippen molar-refractivity contribution in [2.24, 2.45) is 5.92 Å². The zero-order valence-corrected chi connectivity index (χ0v) is 15.7. The predicted molar refractivity (Wildman–Crippen MR) is 103 cm³/mol. The zero-order valence-electron chi connectivity index (χ0n) is 14.9. The Morgan fingerprint density at radius 3 is 3.00 bits per heavy atom. The first-order valence-electron chi connectivity index (χ1n) is 8.71. The molecule has 5 heteroatoms. The predicted octanol–water partition coefficient (Wildman–Crippen LogP) is 3.38. The van der Waals surface area contributed by atoms with Gasteiger partial charge in [0.05, 0.1) is 0 Å². The number of piperidine rings is 1. The second-order valence-corrected chi connectivity index (χ2v) is 7.85. The Morgan fingerprint density at radius 2 is 2.25 bits per heavy atom. The Labute approximate surface area is 149 Å². The highest BCUT2D eigenvalue weighted by molar-refractivity contribution is 7.10. The van der Waals surface area contributed by atoms with Crippen LogP contribution in [-0.2, 0) is 6.54 Å². The second kappa shape index (κ2) is 8.10. The fourth-order valence-electron chi connectivity index (χ4n) is 3.77. The van der Waals surface area contributed by atoms with Crippen molar-refractivity contribution in [3.05, 3.63) is 46.4 Å². The standard InChI is InChI=1S/C19H28N4S/c1-22(2)17-8-9-20-13-16(17)14-21-12-15-6-4-10-23(3)19(15)18-7-5-11-24-18/h5,7-9,11,13,15,19,21H,4,6,10,12,14H2,1-3H3/t15-,19-/m0/s1. The molecular weight excluding hydrogens is 316 g/mol. The van der Waals surface area contributed by atoms with E-state index in [1.807, 2.05) is 23.7 Å². The molecule has 1 N–H and O–H groups in total.